The second kappa shape index (κ2) is 8.83. The van der Waals surface area contributed by atoms with Crippen LogP contribution >= 0.6 is 43.5 Å². The summed E-state index contributed by atoms with van der Waals surface area (Å²) < 4.78 is 4.99. The highest BCUT2D eigenvalue weighted by atomic mass is 79.9. The molecule has 2 aliphatic carbocycles. The Hall–Kier alpha value is -1.45. The van der Waals surface area contributed by atoms with Gasteiger partial charge in [0.15, 0.2) is 6.61 Å². The fraction of sp³-hybridized carbons (Fsp3) is 0.524. The first-order chi connectivity index (χ1) is 14.7. The monoisotopic (exact) mass is 574 g/mol. The molecule has 31 heavy (non-hydrogen) atoms. The predicted molar refractivity (Wildman–Crippen MR) is 121 cm³/mol. The van der Waals surface area contributed by atoms with Gasteiger partial charge in [-0.25, -0.2) is 0 Å². The van der Waals surface area contributed by atoms with Gasteiger partial charge in [-0.05, 0) is 42.9 Å². The summed E-state index contributed by atoms with van der Waals surface area (Å²) in [4.78, 5) is 51.2. The summed E-state index contributed by atoms with van der Waals surface area (Å²) in [6.07, 6.45) is 0.710. The zero-order chi connectivity index (χ0) is 22.4. The molecule has 0 unspecified atom stereocenters. The largest absolute Gasteiger partial charge is 0.456 e. The van der Waals surface area contributed by atoms with Gasteiger partial charge < -0.3 is 10.1 Å². The summed E-state index contributed by atoms with van der Waals surface area (Å²) in [5.74, 6) is -1.90. The second-order valence-corrected chi connectivity index (χ2v) is 10.8. The minimum Gasteiger partial charge on any atom is -0.456 e. The first kappa shape index (κ1) is 22.7. The molecular formula is C21H21Br2ClN2O5. The van der Waals surface area contributed by atoms with E-state index in [0.29, 0.717) is 10.7 Å². The van der Waals surface area contributed by atoms with Crippen LogP contribution in [0.1, 0.15) is 18.4 Å². The average molecular weight is 577 g/mol. The summed E-state index contributed by atoms with van der Waals surface area (Å²) in [5, 5.41) is 3.12. The number of anilines is 1. The minimum absolute atomic E-state index is 0.0297. The van der Waals surface area contributed by atoms with Crippen molar-refractivity contribution in [2.75, 3.05) is 18.5 Å². The maximum atomic E-state index is 12.8. The van der Waals surface area contributed by atoms with E-state index in [1.807, 2.05) is 6.92 Å². The molecular weight excluding hydrogens is 556 g/mol. The first-order valence-electron chi connectivity index (χ1n) is 10.0. The molecule has 10 heteroatoms. The molecule has 0 spiro atoms. The molecule has 166 valence electrons. The number of esters is 1. The van der Waals surface area contributed by atoms with E-state index in [2.05, 4.69) is 37.2 Å². The quantitative estimate of drug-likeness (QED) is 0.319. The van der Waals surface area contributed by atoms with Gasteiger partial charge in [0, 0.05) is 26.9 Å². The van der Waals surface area contributed by atoms with Crippen LogP contribution in [0.2, 0.25) is 5.02 Å². The van der Waals surface area contributed by atoms with Gasteiger partial charge in [-0.2, -0.15) is 0 Å². The van der Waals surface area contributed by atoms with E-state index in [9.17, 15) is 19.2 Å². The minimum atomic E-state index is -0.644. The average Bonchev–Trinajstić information content (AvgIpc) is 3.33. The maximum Gasteiger partial charge on any atom is 0.308 e. The molecule has 1 aromatic rings. The number of carbonyl (C=O) groups excluding carboxylic acids is 4. The lowest BCUT2D eigenvalue weighted by atomic mass is 9.81. The number of ether oxygens (including phenoxy) is 1. The molecule has 0 aromatic heterocycles. The molecule has 3 fully saturated rings. The van der Waals surface area contributed by atoms with Crippen LogP contribution in [0.4, 0.5) is 5.69 Å². The van der Waals surface area contributed by atoms with Gasteiger partial charge in [0.2, 0.25) is 11.8 Å². The lowest BCUT2D eigenvalue weighted by Crippen LogP contribution is -2.37. The molecule has 6 atom stereocenters. The third-order valence-corrected chi connectivity index (χ3v) is 10.1. The number of halogens is 3. The summed E-state index contributed by atoms with van der Waals surface area (Å²) >= 11 is 13.3. The summed E-state index contributed by atoms with van der Waals surface area (Å²) in [6, 6.07) is 5.08. The van der Waals surface area contributed by atoms with Crippen LogP contribution in [-0.4, -0.2) is 51.4 Å². The molecule has 0 radical (unpaired) electrons. The Bertz CT molecular complexity index is 926. The zero-order valence-electron chi connectivity index (χ0n) is 16.6. The second-order valence-electron chi connectivity index (χ2n) is 8.25. The van der Waals surface area contributed by atoms with Gasteiger partial charge >= 0.3 is 5.97 Å². The highest BCUT2D eigenvalue weighted by molar-refractivity contribution is 9.12. The van der Waals surface area contributed by atoms with Crippen molar-refractivity contribution in [1.29, 1.82) is 0 Å². The van der Waals surface area contributed by atoms with E-state index in [0.717, 1.165) is 12.0 Å². The molecule has 3 aliphatic rings. The normalized spacial score (nSPS) is 31.2. The first-order valence-corrected chi connectivity index (χ1v) is 12.2. The van der Waals surface area contributed by atoms with E-state index in [1.165, 1.54) is 4.90 Å². The van der Waals surface area contributed by atoms with Gasteiger partial charge in [-0.1, -0.05) is 49.5 Å². The number of fused-ring (bicyclic) bond motifs is 5. The summed E-state index contributed by atoms with van der Waals surface area (Å²) in [7, 11) is 0. The SMILES string of the molecule is Cc1ccc(NC(=O)COC(=O)CCN2C(=O)[C@@H]3[C@H]4C[C@@H]([C@H](Br)[C@@H]4Br)[C@@H]3C2=O)cc1Cl. The van der Waals surface area contributed by atoms with Crippen molar-refractivity contribution in [2.45, 2.75) is 29.4 Å². The van der Waals surface area contributed by atoms with Gasteiger partial charge in [0.25, 0.3) is 5.91 Å². The molecule has 1 heterocycles. The summed E-state index contributed by atoms with van der Waals surface area (Å²) in [5.41, 5.74) is 1.38. The number of hydrogen-bond donors (Lipinski definition) is 1. The molecule has 2 saturated carbocycles. The Morgan fingerprint density at radius 2 is 1.77 bits per heavy atom. The van der Waals surface area contributed by atoms with Crippen molar-refractivity contribution >= 4 is 72.8 Å². The number of alkyl halides is 2. The van der Waals surface area contributed by atoms with Crippen LogP contribution in [0.5, 0.6) is 0 Å². The smallest absolute Gasteiger partial charge is 0.308 e. The lowest BCUT2D eigenvalue weighted by Gasteiger charge is -2.28. The Kier molecular flexibility index (Phi) is 6.47. The number of rotatable bonds is 6. The Labute approximate surface area is 201 Å². The van der Waals surface area contributed by atoms with Crippen LogP contribution in [0.3, 0.4) is 0 Å². The van der Waals surface area contributed by atoms with E-state index in [4.69, 9.17) is 16.3 Å². The fourth-order valence-corrected chi connectivity index (χ4v) is 6.97. The van der Waals surface area contributed by atoms with Crippen molar-refractivity contribution < 1.29 is 23.9 Å². The van der Waals surface area contributed by atoms with Crippen LogP contribution in [0.15, 0.2) is 18.2 Å². The molecule has 2 bridgehead atoms. The molecule has 4 rings (SSSR count). The standard InChI is InChI=1S/C21H21Br2ClN2O5/c1-9-2-3-10(6-13(9)24)25-14(27)8-31-15(28)4-5-26-20(29)16-11-7-12(17(16)21(26)30)19(23)18(11)22/h2-3,6,11-12,16-19H,4-5,7-8H2,1H3,(H,25,27)/t11-,12-,16-,17+,18-,19+/m1/s1. The number of carbonyl (C=O) groups is 4. The van der Waals surface area contributed by atoms with Gasteiger partial charge in [-0.3, -0.25) is 24.1 Å². The van der Waals surface area contributed by atoms with Gasteiger partial charge in [0.1, 0.15) is 0 Å². The van der Waals surface area contributed by atoms with E-state index < -0.39 is 18.5 Å². The molecule has 7 nitrogen and oxygen atoms in total. The number of aryl methyl sites for hydroxylation is 1. The number of amides is 3. The molecule has 1 aromatic carbocycles. The number of hydrogen-bond acceptors (Lipinski definition) is 5. The van der Waals surface area contributed by atoms with Crippen LogP contribution in [0.25, 0.3) is 0 Å². The van der Waals surface area contributed by atoms with Crippen molar-refractivity contribution in [3.63, 3.8) is 0 Å². The highest BCUT2D eigenvalue weighted by Crippen LogP contribution is 2.60. The Morgan fingerprint density at radius 1 is 1.16 bits per heavy atom. The number of nitrogens with one attached hydrogen (secondary N) is 1. The Morgan fingerprint density at radius 3 is 2.35 bits per heavy atom. The molecule has 1 aliphatic heterocycles. The van der Waals surface area contributed by atoms with Crippen LogP contribution in [-0.2, 0) is 23.9 Å². The van der Waals surface area contributed by atoms with E-state index in [1.54, 1.807) is 18.2 Å². The fourth-order valence-electron chi connectivity index (χ4n) is 4.92. The molecule has 1 N–H and O–H groups in total. The van der Waals surface area contributed by atoms with Crippen molar-refractivity contribution in [1.82, 2.24) is 4.90 Å². The van der Waals surface area contributed by atoms with Crippen molar-refractivity contribution in [3.8, 4) is 0 Å². The zero-order valence-corrected chi connectivity index (χ0v) is 20.6. The van der Waals surface area contributed by atoms with E-state index >= 15 is 0 Å². The molecule has 3 amide bonds. The molecule has 1 saturated heterocycles. The van der Waals surface area contributed by atoms with Crippen molar-refractivity contribution in [2.24, 2.45) is 23.7 Å². The Balaban J connectivity index is 1.26. The number of likely N-dealkylation sites (tertiary alicyclic amines) is 1. The number of imide groups is 1. The predicted octanol–water partition coefficient (Wildman–Crippen LogP) is 3.30. The lowest BCUT2D eigenvalue weighted by molar-refractivity contribution is -0.149. The van der Waals surface area contributed by atoms with E-state index in [-0.39, 0.29) is 58.1 Å². The van der Waals surface area contributed by atoms with Gasteiger partial charge in [0.05, 0.1) is 18.3 Å². The topological polar surface area (TPSA) is 92.8 Å². The van der Waals surface area contributed by atoms with Crippen LogP contribution < -0.4 is 5.32 Å². The number of nitrogens with zero attached hydrogens (tertiary/aromatic N) is 1. The summed E-state index contributed by atoms with van der Waals surface area (Å²) in [6.45, 7) is 1.36. The maximum absolute atomic E-state index is 12.8. The third-order valence-electron chi connectivity index (χ3n) is 6.44. The highest BCUT2D eigenvalue weighted by Gasteiger charge is 2.66. The van der Waals surface area contributed by atoms with Gasteiger partial charge in [-0.15, -0.1) is 0 Å². The van der Waals surface area contributed by atoms with Crippen molar-refractivity contribution in [3.05, 3.63) is 28.8 Å². The third kappa shape index (κ3) is 4.16. The van der Waals surface area contributed by atoms with Crippen LogP contribution in [0, 0.1) is 30.6 Å². The number of benzene rings is 1.